The Bertz CT molecular complexity index is 5200. The topological polar surface area (TPSA) is 800 Å². The number of aliphatic hydroxyl groups excluding tert-OH is 9. The van der Waals surface area contributed by atoms with E-state index >= 15 is 0 Å². The minimum absolute atomic E-state index is 0.0152. The van der Waals surface area contributed by atoms with Crippen molar-refractivity contribution in [3.8, 4) is 0 Å². The van der Waals surface area contributed by atoms with Gasteiger partial charge in [0.25, 0.3) is 0 Å². The highest BCUT2D eigenvalue weighted by molar-refractivity contribution is 7.66. The normalized spacial score (nSPS) is 34.4. The Hall–Kier alpha value is -6.18. The summed E-state index contributed by atoms with van der Waals surface area (Å²) in [5, 5.41) is 93.4. The van der Waals surface area contributed by atoms with Crippen LogP contribution in [-0.4, -0.2) is 243 Å². The fraction of sp³-hybridized carbons (Fsp3) is 0.615. The SMILES string of the molecule is Cc1nc(N)c2ncn([C@H]3[C@H](O)[C@H](O)[C@]4(CO)C[C@H]34)c2n1.Cc1nc(N)c2ncn([C@H]3[C@H](O)[C@H](O)[C@]4(COP(=O)(O)O)C[C@H]34)c2n1.Cc1nc(N)c2ncn([C@H]3[C@H](O)[C@H](O)[C@]4(COP(=O)(O)OP(=O)(O)O)C[C@H]34)c2n1.Cc1nc(N)c2ncn([C@H]3[C@H](O)[C@H](O)[C@]4(COP(=O)(O)OP(=O)(O)OP(=O)(O)O)C[C@H]34)c2n1. The van der Waals surface area contributed by atoms with E-state index in [1.54, 1.807) is 47.7 Å². The molecule has 0 aliphatic heterocycles. The number of nitrogen functional groups attached to an aromatic ring is 4. The number of aromatic nitrogens is 16. The minimum atomic E-state index is -5.67. The van der Waals surface area contributed by atoms with Crippen LogP contribution >= 0.6 is 46.9 Å². The van der Waals surface area contributed by atoms with Crippen LogP contribution in [0.25, 0.3) is 44.7 Å². The van der Waals surface area contributed by atoms with Crippen molar-refractivity contribution in [3.63, 3.8) is 0 Å². The first kappa shape index (κ1) is 79.9. The number of hydrogen-bond acceptors (Lipinski definition) is 37. The van der Waals surface area contributed by atoms with Gasteiger partial charge in [0.1, 0.15) is 69.8 Å². The molecule has 8 fully saturated rings. The third-order valence-electron chi connectivity index (χ3n) is 21.4. The van der Waals surface area contributed by atoms with Crippen LogP contribution in [0.3, 0.4) is 0 Å². The number of hydrogen-bond donors (Lipinski definition) is 22. The van der Waals surface area contributed by atoms with Crippen molar-refractivity contribution in [1.82, 2.24) is 78.1 Å². The largest absolute Gasteiger partial charge is 0.490 e. The molecule has 23 atom stereocenters. The second-order valence-corrected chi connectivity index (χ2v) is 36.4. The maximum Gasteiger partial charge on any atom is 0.490 e. The summed E-state index contributed by atoms with van der Waals surface area (Å²) in [5.74, 6) is 1.47. The van der Waals surface area contributed by atoms with Crippen molar-refractivity contribution in [2.75, 3.05) is 49.4 Å². The number of phosphoric acid groups is 6. The molecular weight excluding hydrogens is 1570 g/mol. The van der Waals surface area contributed by atoms with E-state index in [-0.39, 0.29) is 66.4 Å². The van der Waals surface area contributed by atoms with Gasteiger partial charge in [-0.25, -0.2) is 87.2 Å². The lowest BCUT2D eigenvalue weighted by Gasteiger charge is -2.24. The summed E-state index contributed by atoms with van der Waals surface area (Å²) in [6, 6.07) is -2.34. The van der Waals surface area contributed by atoms with Gasteiger partial charge in [-0.15, -0.1) is 0 Å². The number of aryl methyl sites for hydroxylation is 4. The van der Waals surface area contributed by atoms with Crippen molar-refractivity contribution < 1.29 is 144 Å². The van der Waals surface area contributed by atoms with E-state index in [0.29, 0.717) is 87.5 Å². The van der Waals surface area contributed by atoms with Crippen LogP contribution in [0.2, 0.25) is 0 Å². The summed E-state index contributed by atoms with van der Waals surface area (Å²) in [7, 11) is -31.6. The van der Waals surface area contributed by atoms with Crippen LogP contribution in [0, 0.1) is 73.0 Å². The fourth-order valence-electron chi connectivity index (χ4n) is 16.3. The summed E-state index contributed by atoms with van der Waals surface area (Å²) in [6.07, 6.45) is -2.06. The molecule has 8 aromatic heterocycles. The van der Waals surface area contributed by atoms with E-state index in [0.717, 1.165) is 0 Å². The predicted octanol–water partition coefficient (Wildman–Crippen LogP) is -3.33. The molecule has 8 saturated carbocycles. The molecule has 16 rings (SSSR count). The Morgan fingerprint density at radius 1 is 0.370 bits per heavy atom. The summed E-state index contributed by atoms with van der Waals surface area (Å²) < 4.78 is 99.3. The lowest BCUT2D eigenvalue weighted by atomic mass is 10.0. The van der Waals surface area contributed by atoms with Crippen LogP contribution in [-0.2, 0) is 53.9 Å². The molecule has 8 aliphatic rings. The molecule has 0 radical (unpaired) electrons. The van der Waals surface area contributed by atoms with Crippen molar-refractivity contribution in [2.24, 2.45) is 45.3 Å². The third-order valence-corrected chi connectivity index (χ3v) is 27.7. The summed E-state index contributed by atoms with van der Waals surface area (Å²) in [6.45, 7) is 4.96. The van der Waals surface area contributed by atoms with Gasteiger partial charge in [0.2, 0.25) is 0 Å². The van der Waals surface area contributed by atoms with Gasteiger partial charge in [-0.1, -0.05) is 0 Å². The lowest BCUT2D eigenvalue weighted by molar-refractivity contribution is -0.0300. The average molecular weight is 1650 g/mol. The van der Waals surface area contributed by atoms with Crippen LogP contribution in [0.4, 0.5) is 23.3 Å². The number of rotatable bonds is 20. The Morgan fingerprint density at radius 2 is 0.611 bits per heavy atom. The molecule has 0 spiro atoms. The smallest absolute Gasteiger partial charge is 0.396 e. The first-order valence-corrected chi connectivity index (χ1v) is 41.3. The van der Waals surface area contributed by atoms with Crippen molar-refractivity contribution in [2.45, 2.75) is 126 Å². The van der Waals surface area contributed by atoms with E-state index in [9.17, 15) is 88.0 Å². The summed E-state index contributed by atoms with van der Waals surface area (Å²) >= 11 is 0. The second-order valence-electron chi connectivity index (χ2n) is 27.9. The van der Waals surface area contributed by atoms with Crippen molar-refractivity contribution >= 4 is 115 Å². The van der Waals surface area contributed by atoms with Crippen LogP contribution < -0.4 is 22.9 Å². The summed E-state index contributed by atoms with van der Waals surface area (Å²) in [5.41, 5.74) is 22.8. The van der Waals surface area contributed by atoms with Gasteiger partial charge in [0, 0.05) is 21.7 Å². The zero-order valence-corrected chi connectivity index (χ0v) is 61.7. The molecule has 0 bridgehead atoms. The summed E-state index contributed by atoms with van der Waals surface area (Å²) in [4.78, 5) is 131. The van der Waals surface area contributed by atoms with Gasteiger partial charge in [0.15, 0.2) is 45.9 Å². The van der Waals surface area contributed by atoms with E-state index < -0.39 is 155 Å². The standard InChI is InChI=1S/C13H20N5O12P3.C13H19N5O9P2.C13H18N5O6P.C13H17N5O3/c1-5-16-11(14)7-12(17-5)18(4-15-7)8-6-2-13(6,10(20)9(8)19)3-28-32(24,25)30-33(26,27)29-31(21,22)23;1-5-16-11(14)7-12(17-5)18(4-15-7)8-6-2-13(6,10(20)9(8)19)3-26-29(24,25)27-28(21,22)23;1-5-16-11(14)7-12(17-5)18(4-15-7)8-6-2-13(6,10(20)9(8)19)3-24-25(21,22)23;1-5-16-11(14)7-12(17-5)18(4-15-7)8-6-2-13(6,3-19)10(21)9(8)20/h4,6,8-10,19-20H,2-3H2,1H3,(H,24,25)(H,26,27)(H2,14,16,17)(H2,21,22,23);4,6,8-10,19-20H,2-3H2,1H3,(H,24,25)(H2,14,16,17)(H2,21,22,23);4,6,8-10,19-20H,2-3H2,1H3,(H2,14,16,17)(H2,21,22,23);4,6,8-10,19-21H,2-3H2,1H3,(H2,14,16,17)/t4*6-,8-,9+,10+,13+/m1111/s1. The maximum atomic E-state index is 12.0. The molecule has 50 nitrogen and oxygen atoms in total. The fourth-order valence-corrected chi connectivity index (χ4v) is 21.5. The first-order chi connectivity index (χ1) is 50.0. The highest BCUT2D eigenvalue weighted by atomic mass is 31.3. The van der Waals surface area contributed by atoms with Crippen molar-refractivity contribution in [1.29, 1.82) is 0 Å². The maximum absolute atomic E-state index is 12.0. The number of anilines is 4. The lowest BCUT2D eigenvalue weighted by Crippen LogP contribution is -2.35. The Labute approximate surface area is 604 Å². The second kappa shape index (κ2) is 27.3. The highest BCUT2D eigenvalue weighted by Crippen LogP contribution is 2.74. The monoisotopic (exact) mass is 1640 g/mol. The average Bonchev–Trinajstić information content (AvgIpc) is 1.54. The molecule has 8 aliphatic carbocycles. The zero-order valence-electron chi connectivity index (χ0n) is 56.3. The molecule has 8 heterocycles. The van der Waals surface area contributed by atoms with Crippen LogP contribution in [0.1, 0.15) is 73.1 Å². The Balaban J connectivity index is 0.000000128. The van der Waals surface area contributed by atoms with Crippen molar-refractivity contribution in [3.05, 3.63) is 48.6 Å². The number of nitrogens with zero attached hydrogens (tertiary/aromatic N) is 16. The van der Waals surface area contributed by atoms with E-state index in [1.165, 1.54) is 23.5 Å². The van der Waals surface area contributed by atoms with Crippen LogP contribution in [0.15, 0.2) is 25.3 Å². The van der Waals surface area contributed by atoms with Gasteiger partial charge in [0.05, 0.1) is 100 Å². The number of aliphatic hydroxyl groups is 9. The zero-order chi connectivity index (χ0) is 79.0. The van der Waals surface area contributed by atoms with E-state index in [4.69, 9.17) is 61.3 Å². The van der Waals surface area contributed by atoms with Gasteiger partial charge in [-0.2, -0.15) is 12.9 Å². The molecule has 26 N–H and O–H groups in total. The number of nitrogens with two attached hydrogens (primary N) is 4. The predicted molar refractivity (Wildman–Crippen MR) is 358 cm³/mol. The quantitative estimate of drug-likeness (QED) is 0.0332. The van der Waals surface area contributed by atoms with Gasteiger partial charge < -0.3 is 131 Å². The molecule has 0 amide bonds. The molecule has 56 heteroatoms. The molecule has 0 aromatic carbocycles. The molecule has 108 heavy (non-hydrogen) atoms. The molecular formula is C52H74N20O30P6. The van der Waals surface area contributed by atoms with Gasteiger partial charge >= 0.3 is 46.9 Å². The van der Waals surface area contributed by atoms with Gasteiger partial charge in [-0.3, -0.25) is 13.6 Å². The molecule has 592 valence electrons. The van der Waals surface area contributed by atoms with Crippen LogP contribution in [0.5, 0.6) is 0 Å². The van der Waals surface area contributed by atoms with E-state index in [2.05, 4.69) is 77.3 Å². The number of imidazole rings is 4. The number of fused-ring (bicyclic) bond motifs is 8. The van der Waals surface area contributed by atoms with Gasteiger partial charge in [-0.05, 0) is 77.0 Å². The highest BCUT2D eigenvalue weighted by Gasteiger charge is 2.75. The molecule has 8 aromatic rings. The first-order valence-electron chi connectivity index (χ1n) is 32.2. The molecule has 3 unspecified atom stereocenters. The Kier molecular flexibility index (Phi) is 20.2. The Morgan fingerprint density at radius 3 is 0.870 bits per heavy atom. The number of phosphoric ester groups is 3. The van der Waals surface area contributed by atoms with E-state index in [1.807, 2.05) is 0 Å². The molecule has 0 saturated heterocycles. The minimum Gasteiger partial charge on any atom is -0.396 e. The third kappa shape index (κ3) is 14.4.